The average Bonchev–Trinajstić information content (AvgIpc) is 2.71. The van der Waals surface area contributed by atoms with Crippen molar-refractivity contribution < 1.29 is 9.84 Å². The molecule has 1 aliphatic rings. The van der Waals surface area contributed by atoms with Gasteiger partial charge in [-0.05, 0) is 32.0 Å². The molecule has 6 heteroatoms. The minimum atomic E-state index is -0.180. The third-order valence-electron chi connectivity index (χ3n) is 2.74. The minimum absolute atomic E-state index is 0.0200. The zero-order chi connectivity index (χ0) is 11.7. The molecule has 0 radical (unpaired) electrons. The highest BCUT2D eigenvalue weighted by molar-refractivity contribution is 7.71. The molecule has 0 spiro atoms. The molecule has 0 amide bonds. The van der Waals surface area contributed by atoms with Gasteiger partial charge < -0.3 is 9.84 Å². The molecule has 0 aromatic carbocycles. The van der Waals surface area contributed by atoms with Gasteiger partial charge in [0, 0.05) is 11.8 Å². The van der Waals surface area contributed by atoms with E-state index in [2.05, 4.69) is 4.98 Å². The smallest absolute Gasteiger partial charge is 0.254 e. The molecule has 1 aromatic heterocycles. The number of aryl methyl sites for hydroxylation is 1. The summed E-state index contributed by atoms with van der Waals surface area (Å²) in [5.74, 6) is 0. The zero-order valence-corrected chi connectivity index (χ0v) is 9.79. The van der Waals surface area contributed by atoms with E-state index in [-0.39, 0.29) is 24.5 Å². The van der Waals surface area contributed by atoms with Crippen LogP contribution in [0.3, 0.4) is 0 Å². The molecular weight excluding hydrogens is 228 g/mol. The van der Waals surface area contributed by atoms with E-state index in [0.29, 0.717) is 10.3 Å². The van der Waals surface area contributed by atoms with E-state index < -0.39 is 0 Å². The molecule has 88 valence electrons. The summed E-state index contributed by atoms with van der Waals surface area (Å²) in [5.41, 5.74) is 0.433. The van der Waals surface area contributed by atoms with E-state index >= 15 is 0 Å². The maximum atomic E-state index is 11.3. The van der Waals surface area contributed by atoms with Gasteiger partial charge in [-0.2, -0.15) is 0 Å². The SMILES string of the molecule is Cc1cn(C2CCC(CO)O2)c(=S)[nH]c1=O. The van der Waals surface area contributed by atoms with Crippen LogP contribution in [0.4, 0.5) is 0 Å². The number of aliphatic hydroxyl groups excluding tert-OH is 1. The van der Waals surface area contributed by atoms with Crippen molar-refractivity contribution in [2.24, 2.45) is 0 Å². The molecule has 1 aromatic rings. The first-order valence-electron chi connectivity index (χ1n) is 5.20. The van der Waals surface area contributed by atoms with Crippen molar-refractivity contribution in [2.45, 2.75) is 32.1 Å². The lowest BCUT2D eigenvalue weighted by molar-refractivity contribution is -0.0238. The molecule has 0 bridgehead atoms. The van der Waals surface area contributed by atoms with Crippen LogP contribution in [0, 0.1) is 11.7 Å². The lowest BCUT2D eigenvalue weighted by Gasteiger charge is -2.16. The van der Waals surface area contributed by atoms with Crippen LogP contribution >= 0.6 is 12.2 Å². The summed E-state index contributed by atoms with van der Waals surface area (Å²) >= 11 is 5.08. The van der Waals surface area contributed by atoms with Crippen molar-refractivity contribution in [1.29, 1.82) is 0 Å². The van der Waals surface area contributed by atoms with E-state index in [1.54, 1.807) is 17.7 Å². The number of aromatic amines is 1. The Balaban J connectivity index is 2.32. The Hall–Kier alpha value is -0.980. The maximum absolute atomic E-state index is 11.3. The van der Waals surface area contributed by atoms with Crippen LogP contribution in [0.25, 0.3) is 0 Å². The number of rotatable bonds is 2. The van der Waals surface area contributed by atoms with Gasteiger partial charge in [-0.25, -0.2) is 0 Å². The quantitative estimate of drug-likeness (QED) is 0.756. The van der Waals surface area contributed by atoms with Crippen molar-refractivity contribution in [3.05, 3.63) is 26.9 Å². The van der Waals surface area contributed by atoms with Gasteiger partial charge in [0.15, 0.2) is 4.77 Å². The van der Waals surface area contributed by atoms with E-state index in [0.717, 1.165) is 12.8 Å². The predicted octanol–water partition coefficient (Wildman–Crippen LogP) is 0.884. The molecule has 0 aliphatic carbocycles. The van der Waals surface area contributed by atoms with E-state index in [9.17, 15) is 4.79 Å². The molecule has 2 unspecified atom stereocenters. The van der Waals surface area contributed by atoms with Crippen molar-refractivity contribution in [1.82, 2.24) is 9.55 Å². The number of aromatic nitrogens is 2. The van der Waals surface area contributed by atoms with Gasteiger partial charge in [-0.3, -0.25) is 14.3 Å². The number of nitrogens with one attached hydrogen (secondary N) is 1. The standard InChI is InChI=1S/C10H14N2O3S/c1-6-4-12(10(16)11-9(6)14)8-3-2-7(5-13)15-8/h4,7-8,13H,2-3,5H2,1H3,(H,11,14,16). The van der Waals surface area contributed by atoms with Crippen molar-refractivity contribution in [2.75, 3.05) is 6.61 Å². The van der Waals surface area contributed by atoms with Crippen LogP contribution in [0.1, 0.15) is 24.6 Å². The first-order valence-corrected chi connectivity index (χ1v) is 5.61. The molecule has 2 rings (SSSR count). The predicted molar refractivity (Wildman–Crippen MR) is 60.9 cm³/mol. The molecule has 1 fully saturated rings. The Morgan fingerprint density at radius 3 is 3.06 bits per heavy atom. The van der Waals surface area contributed by atoms with Crippen LogP contribution in [0.2, 0.25) is 0 Å². The summed E-state index contributed by atoms with van der Waals surface area (Å²) in [6, 6.07) is 0. The average molecular weight is 242 g/mol. The summed E-state index contributed by atoms with van der Waals surface area (Å²) in [5, 5.41) is 8.98. The Morgan fingerprint density at radius 2 is 2.44 bits per heavy atom. The lowest BCUT2D eigenvalue weighted by atomic mass is 10.2. The second-order valence-electron chi connectivity index (χ2n) is 3.95. The number of aliphatic hydroxyl groups is 1. The van der Waals surface area contributed by atoms with Gasteiger partial charge in [0.25, 0.3) is 5.56 Å². The summed E-state index contributed by atoms with van der Waals surface area (Å²) in [4.78, 5) is 13.9. The fraction of sp³-hybridized carbons (Fsp3) is 0.600. The summed E-state index contributed by atoms with van der Waals surface area (Å²) in [7, 11) is 0. The van der Waals surface area contributed by atoms with Crippen molar-refractivity contribution >= 4 is 12.2 Å². The fourth-order valence-electron chi connectivity index (χ4n) is 1.83. The van der Waals surface area contributed by atoms with Gasteiger partial charge in [0.2, 0.25) is 0 Å². The summed E-state index contributed by atoms with van der Waals surface area (Å²) < 4.78 is 7.69. The molecule has 2 atom stereocenters. The third kappa shape index (κ3) is 2.09. The van der Waals surface area contributed by atoms with Gasteiger partial charge in [-0.15, -0.1) is 0 Å². The molecule has 5 nitrogen and oxygen atoms in total. The monoisotopic (exact) mass is 242 g/mol. The van der Waals surface area contributed by atoms with Crippen LogP contribution < -0.4 is 5.56 Å². The Kier molecular flexibility index (Phi) is 3.22. The van der Waals surface area contributed by atoms with Crippen molar-refractivity contribution in [3.8, 4) is 0 Å². The highest BCUT2D eigenvalue weighted by Gasteiger charge is 2.26. The molecule has 1 saturated heterocycles. The van der Waals surface area contributed by atoms with Crippen LogP contribution in [0.5, 0.6) is 0 Å². The van der Waals surface area contributed by atoms with E-state index in [4.69, 9.17) is 22.1 Å². The number of ether oxygens (including phenoxy) is 1. The van der Waals surface area contributed by atoms with Crippen LogP contribution in [0.15, 0.2) is 11.0 Å². The molecule has 2 N–H and O–H groups in total. The Bertz CT molecular complexity index is 494. The second-order valence-corrected chi connectivity index (χ2v) is 4.34. The zero-order valence-electron chi connectivity index (χ0n) is 8.97. The number of H-pyrrole nitrogens is 1. The fourth-order valence-corrected chi connectivity index (χ4v) is 2.09. The Labute approximate surface area is 97.7 Å². The number of hydrogen-bond acceptors (Lipinski definition) is 4. The van der Waals surface area contributed by atoms with Crippen LogP contribution in [-0.2, 0) is 4.74 Å². The van der Waals surface area contributed by atoms with Crippen LogP contribution in [-0.4, -0.2) is 27.4 Å². The highest BCUT2D eigenvalue weighted by atomic mass is 32.1. The minimum Gasteiger partial charge on any atom is -0.394 e. The third-order valence-corrected chi connectivity index (χ3v) is 3.06. The largest absolute Gasteiger partial charge is 0.394 e. The number of nitrogens with zero attached hydrogens (tertiary/aromatic N) is 1. The second kappa shape index (κ2) is 4.48. The first-order chi connectivity index (χ1) is 7.61. The highest BCUT2D eigenvalue weighted by Crippen LogP contribution is 2.27. The normalized spacial score (nSPS) is 24.9. The first kappa shape index (κ1) is 11.5. The molecular formula is C10H14N2O3S. The lowest BCUT2D eigenvalue weighted by Crippen LogP contribution is -2.20. The van der Waals surface area contributed by atoms with Crippen molar-refractivity contribution in [3.63, 3.8) is 0 Å². The van der Waals surface area contributed by atoms with Gasteiger partial charge in [0.1, 0.15) is 6.23 Å². The van der Waals surface area contributed by atoms with E-state index in [1.807, 2.05) is 0 Å². The van der Waals surface area contributed by atoms with Gasteiger partial charge in [-0.1, -0.05) is 0 Å². The molecule has 2 heterocycles. The topological polar surface area (TPSA) is 67.2 Å². The summed E-state index contributed by atoms with van der Waals surface area (Å²) in [6.45, 7) is 1.74. The van der Waals surface area contributed by atoms with Gasteiger partial charge >= 0.3 is 0 Å². The summed E-state index contributed by atoms with van der Waals surface area (Å²) in [6.07, 6.45) is 3.00. The molecule has 0 saturated carbocycles. The Morgan fingerprint density at radius 1 is 1.69 bits per heavy atom. The van der Waals surface area contributed by atoms with Gasteiger partial charge in [0.05, 0.1) is 12.7 Å². The molecule has 16 heavy (non-hydrogen) atoms. The number of hydrogen-bond donors (Lipinski definition) is 2. The van der Waals surface area contributed by atoms with E-state index in [1.165, 1.54) is 0 Å². The molecule has 1 aliphatic heterocycles. The maximum Gasteiger partial charge on any atom is 0.254 e.